The number of ketones is 1. The van der Waals surface area contributed by atoms with Gasteiger partial charge in [-0.2, -0.15) is 5.26 Å². The van der Waals surface area contributed by atoms with Crippen LogP contribution in [0.5, 0.6) is 0 Å². The third-order valence-electron chi connectivity index (χ3n) is 8.25. The van der Waals surface area contributed by atoms with E-state index in [1.165, 1.54) is 22.3 Å². The third kappa shape index (κ3) is 17.6. The maximum absolute atomic E-state index is 12.2. The molecule has 288 valence electrons. The lowest BCUT2D eigenvalue weighted by Gasteiger charge is -2.22. The van der Waals surface area contributed by atoms with Gasteiger partial charge in [0, 0.05) is 5.56 Å². The maximum Gasteiger partial charge on any atom is 0.159 e. The maximum atomic E-state index is 12.2. The predicted molar refractivity (Wildman–Crippen MR) is 230 cm³/mol. The van der Waals surface area contributed by atoms with E-state index in [0.717, 1.165) is 16.7 Å². The molecule has 0 saturated carbocycles. The summed E-state index contributed by atoms with van der Waals surface area (Å²) in [6, 6.07) is 34.1. The standard InChI is InChI=1S/C13H20.C12H18O2S.C12H16O.C11H13N/c1-10(2)11-6-8-12(9-7-11)13(3,4)5;1-10-6-8-11(9-7-10)15(5,13)14-12(2,3)4;1-9(13)10-5-7-11(8-6-10)12(2,3)4;1-11(2,3)10-6-4-9(8-12)5-7-10/h6-10H,1-5H3;6-9H,5H2,1-4H3;5-8H,1-4H3;4-7H,1-3H3. The van der Waals surface area contributed by atoms with E-state index in [1.54, 1.807) is 19.1 Å². The highest BCUT2D eigenvalue weighted by molar-refractivity contribution is 7.96. The van der Waals surface area contributed by atoms with Gasteiger partial charge >= 0.3 is 0 Å². The number of carbonyl (C=O) groups excluding carboxylic acids is 1. The second kappa shape index (κ2) is 19.4. The first-order valence-electron chi connectivity index (χ1n) is 18.4. The molecule has 0 aromatic heterocycles. The van der Waals surface area contributed by atoms with Gasteiger partial charge in [0.25, 0.3) is 0 Å². The van der Waals surface area contributed by atoms with Crippen molar-refractivity contribution in [3.8, 4) is 6.07 Å². The summed E-state index contributed by atoms with van der Waals surface area (Å²) in [5.41, 5.74) is 8.16. The molecule has 1 atom stereocenters. The van der Waals surface area contributed by atoms with Crippen LogP contribution in [0.1, 0.15) is 154 Å². The average molecular weight is 738 g/mol. The van der Waals surface area contributed by atoms with Crippen LogP contribution in [0, 0.1) is 18.3 Å². The van der Waals surface area contributed by atoms with Crippen molar-refractivity contribution < 1.29 is 13.2 Å². The van der Waals surface area contributed by atoms with E-state index in [2.05, 4.69) is 112 Å². The fourth-order valence-electron chi connectivity index (χ4n) is 4.82. The number of carbonyl (C=O) groups is 1. The van der Waals surface area contributed by atoms with Gasteiger partial charge in [0.1, 0.15) is 9.80 Å². The zero-order chi connectivity index (χ0) is 41.0. The van der Waals surface area contributed by atoms with Crippen molar-refractivity contribution in [2.45, 2.75) is 143 Å². The SMILES string of the molecule is C=S(=O)(OC(C)(C)C)c1ccc(C)cc1.CC(=O)c1ccc(C(C)(C)C)cc1.CC(C)(C)c1ccc(C#N)cc1.CC(C)c1ccc(C(C)(C)C)cc1. The summed E-state index contributed by atoms with van der Waals surface area (Å²) in [7, 11) is -2.63. The predicted octanol–water partition coefficient (Wildman–Crippen LogP) is 13.0. The summed E-state index contributed by atoms with van der Waals surface area (Å²) < 4.78 is 17.6. The van der Waals surface area contributed by atoms with E-state index < -0.39 is 15.4 Å². The molecule has 4 aromatic rings. The molecular weight excluding hydrogens is 671 g/mol. The minimum atomic E-state index is -2.63. The van der Waals surface area contributed by atoms with Gasteiger partial charge in [0.2, 0.25) is 0 Å². The van der Waals surface area contributed by atoms with Crippen molar-refractivity contribution in [2.24, 2.45) is 0 Å². The van der Waals surface area contributed by atoms with E-state index in [4.69, 9.17) is 9.44 Å². The van der Waals surface area contributed by atoms with E-state index in [9.17, 15) is 9.00 Å². The minimum absolute atomic E-state index is 0.125. The number of rotatable bonds is 4. The van der Waals surface area contributed by atoms with Crippen molar-refractivity contribution >= 4 is 21.5 Å². The van der Waals surface area contributed by atoms with Crippen molar-refractivity contribution in [1.29, 1.82) is 5.26 Å². The number of nitriles is 1. The normalized spacial score (nSPS) is 12.8. The Morgan fingerprint density at radius 3 is 1.30 bits per heavy atom. The highest BCUT2D eigenvalue weighted by Crippen LogP contribution is 2.25. The number of Topliss-reactive ketones (excluding diaryl/α,β-unsaturated/α-hetero) is 1. The Kier molecular flexibility index (Phi) is 17.2. The monoisotopic (exact) mass is 737 g/mol. The number of aryl methyl sites for hydroxylation is 1. The molecule has 0 aliphatic rings. The topological polar surface area (TPSA) is 67.2 Å². The van der Waals surface area contributed by atoms with Crippen LogP contribution in [0.2, 0.25) is 0 Å². The van der Waals surface area contributed by atoms with Crippen molar-refractivity contribution in [3.63, 3.8) is 0 Å². The molecule has 0 radical (unpaired) electrons. The van der Waals surface area contributed by atoms with Crippen LogP contribution in [0.3, 0.4) is 0 Å². The Morgan fingerprint density at radius 1 is 0.642 bits per heavy atom. The van der Waals surface area contributed by atoms with Crippen LogP contribution < -0.4 is 0 Å². The lowest BCUT2D eigenvalue weighted by atomic mass is 9.86. The lowest BCUT2D eigenvalue weighted by Crippen LogP contribution is -2.23. The number of hydrogen-bond acceptors (Lipinski definition) is 4. The number of nitrogens with zero attached hydrogens (tertiary/aromatic N) is 1. The van der Waals surface area contributed by atoms with Crippen molar-refractivity contribution in [2.75, 3.05) is 0 Å². The largest absolute Gasteiger partial charge is 0.295 e. The second-order valence-corrected chi connectivity index (χ2v) is 19.8. The minimum Gasteiger partial charge on any atom is -0.295 e. The molecular formula is C48H67NO3S. The molecule has 0 spiro atoms. The summed E-state index contributed by atoms with van der Waals surface area (Å²) in [6.07, 6.45) is 0. The molecule has 4 rings (SSSR count). The molecule has 0 aliphatic heterocycles. The first-order chi connectivity index (χ1) is 24.1. The average Bonchev–Trinajstić information content (AvgIpc) is 3.04. The van der Waals surface area contributed by atoms with E-state index in [0.29, 0.717) is 10.8 Å². The number of benzene rings is 4. The molecule has 5 heteroatoms. The Bertz CT molecular complexity index is 1850. The fraction of sp³-hybridized carbons (Fsp3) is 0.438. The summed E-state index contributed by atoms with van der Waals surface area (Å²) in [5.74, 6) is 4.42. The van der Waals surface area contributed by atoms with Gasteiger partial charge in [0.15, 0.2) is 5.78 Å². The van der Waals surface area contributed by atoms with Gasteiger partial charge in [-0.1, -0.05) is 155 Å². The fourth-order valence-corrected chi connectivity index (χ4v) is 6.27. The Morgan fingerprint density at radius 2 is 1.00 bits per heavy atom. The Balaban J connectivity index is 0.000000354. The zero-order valence-corrected chi connectivity index (χ0v) is 36.4. The van der Waals surface area contributed by atoms with Crippen LogP contribution in [-0.2, 0) is 30.2 Å². The van der Waals surface area contributed by atoms with Crippen LogP contribution in [0.25, 0.3) is 0 Å². The van der Waals surface area contributed by atoms with Crippen LogP contribution in [-0.4, -0.2) is 21.5 Å². The van der Waals surface area contributed by atoms with Crippen LogP contribution >= 0.6 is 0 Å². The molecule has 4 aromatic carbocycles. The molecule has 0 saturated heterocycles. The van der Waals surface area contributed by atoms with Crippen molar-refractivity contribution in [1.82, 2.24) is 0 Å². The van der Waals surface area contributed by atoms with Crippen LogP contribution in [0.15, 0.2) is 102 Å². The van der Waals surface area contributed by atoms with Gasteiger partial charge in [0.05, 0.1) is 22.1 Å². The second-order valence-electron chi connectivity index (χ2n) is 18.0. The van der Waals surface area contributed by atoms with Gasteiger partial charge in [-0.25, -0.2) is 4.21 Å². The van der Waals surface area contributed by atoms with E-state index in [1.807, 2.05) is 88.4 Å². The Hall–Kier alpha value is -3.98. The molecule has 1 unspecified atom stereocenters. The summed E-state index contributed by atoms with van der Waals surface area (Å²) in [6.45, 7) is 33.3. The third-order valence-corrected chi connectivity index (χ3v) is 10.0. The molecule has 53 heavy (non-hydrogen) atoms. The smallest absolute Gasteiger partial charge is 0.159 e. The summed E-state index contributed by atoms with van der Waals surface area (Å²) in [4.78, 5) is 11.6. The molecule has 0 fully saturated rings. The molecule has 0 N–H and O–H groups in total. The van der Waals surface area contributed by atoms with Gasteiger partial charge in [-0.15, -0.1) is 0 Å². The molecule has 0 bridgehead atoms. The highest BCUT2D eigenvalue weighted by atomic mass is 32.2. The molecule has 0 amide bonds. The van der Waals surface area contributed by atoms with Crippen molar-refractivity contribution in [3.05, 3.63) is 136 Å². The van der Waals surface area contributed by atoms with Gasteiger partial charge in [-0.3, -0.25) is 8.98 Å². The lowest BCUT2D eigenvalue weighted by molar-refractivity contribution is 0.101. The summed E-state index contributed by atoms with van der Waals surface area (Å²) in [5, 5.41) is 8.58. The van der Waals surface area contributed by atoms with E-state index in [-0.39, 0.29) is 22.0 Å². The molecule has 0 aliphatic carbocycles. The molecule has 0 heterocycles. The van der Waals surface area contributed by atoms with E-state index >= 15 is 0 Å². The summed E-state index contributed by atoms with van der Waals surface area (Å²) >= 11 is 0. The quantitative estimate of drug-likeness (QED) is 0.154. The highest BCUT2D eigenvalue weighted by Gasteiger charge is 2.19. The van der Waals surface area contributed by atoms with Gasteiger partial charge in [-0.05, 0) is 109 Å². The van der Waals surface area contributed by atoms with Gasteiger partial charge < -0.3 is 0 Å². The zero-order valence-electron chi connectivity index (χ0n) is 35.6. The first kappa shape index (κ1) is 47.0. The number of hydrogen-bond donors (Lipinski definition) is 0. The Labute approximate surface area is 324 Å². The van der Waals surface area contributed by atoms with Crippen LogP contribution in [0.4, 0.5) is 0 Å². The first-order valence-corrected chi connectivity index (χ1v) is 20.1. The molecule has 4 nitrogen and oxygen atoms in total.